The highest BCUT2D eigenvalue weighted by molar-refractivity contribution is 7.99. The van der Waals surface area contributed by atoms with Gasteiger partial charge in [-0.25, -0.2) is 4.79 Å². The highest BCUT2D eigenvalue weighted by Gasteiger charge is 2.51. The molecule has 3 aliphatic heterocycles. The van der Waals surface area contributed by atoms with E-state index in [1.54, 1.807) is 18.8 Å². The summed E-state index contributed by atoms with van der Waals surface area (Å²) in [5.74, 6) is -0.531. The number of fused-ring (bicyclic) bond motifs is 4. The van der Waals surface area contributed by atoms with Crippen molar-refractivity contribution in [1.82, 2.24) is 5.32 Å². The summed E-state index contributed by atoms with van der Waals surface area (Å²) in [4.78, 5) is 44.0. The normalized spacial score (nSPS) is 25.7. The molecule has 0 radical (unpaired) electrons. The fraction of sp³-hybridized carbons (Fsp3) is 0.408. The van der Waals surface area contributed by atoms with Crippen LogP contribution in [0.4, 0.5) is 4.79 Å². The van der Waals surface area contributed by atoms with Crippen LogP contribution in [0, 0.1) is 11.3 Å². The Morgan fingerprint density at radius 1 is 0.705 bits per heavy atom. The maximum atomic E-state index is 13.7. The zero-order valence-corrected chi connectivity index (χ0v) is 51.3. The molecule has 3 N–H and O–H groups in total. The zero-order chi connectivity index (χ0) is 61.6. The van der Waals surface area contributed by atoms with E-state index in [4.69, 9.17) is 47.6 Å². The molecule has 1 amide bonds. The van der Waals surface area contributed by atoms with E-state index in [-0.39, 0.29) is 92.1 Å². The van der Waals surface area contributed by atoms with Gasteiger partial charge in [0, 0.05) is 49.4 Å². The first-order chi connectivity index (χ1) is 42.8. The van der Waals surface area contributed by atoms with Crippen LogP contribution in [0.3, 0.4) is 0 Å². The fourth-order valence-corrected chi connectivity index (χ4v) is 13.0. The Kier molecular flexibility index (Phi) is 22.1. The molecule has 16 nitrogen and oxygen atoms in total. The minimum atomic E-state index is -1.19. The summed E-state index contributed by atoms with van der Waals surface area (Å²) in [6.45, 7) is 7.20. The second-order valence-electron chi connectivity index (χ2n) is 23.6. The predicted molar refractivity (Wildman–Crippen MR) is 335 cm³/mol. The molecule has 6 aromatic carbocycles. The van der Waals surface area contributed by atoms with Gasteiger partial charge >= 0.3 is 6.16 Å². The van der Waals surface area contributed by atoms with Crippen molar-refractivity contribution in [3.63, 3.8) is 0 Å². The maximum absolute atomic E-state index is 13.7. The second kappa shape index (κ2) is 30.5. The number of ketones is 1. The lowest BCUT2D eigenvalue weighted by molar-refractivity contribution is -0.312. The lowest BCUT2D eigenvalue weighted by Gasteiger charge is -2.47. The minimum Gasteiger partial charge on any atom is -0.511 e. The summed E-state index contributed by atoms with van der Waals surface area (Å²) in [6, 6.07) is 54.4. The number of aliphatic hydroxyl groups excluding tert-OH is 2. The lowest BCUT2D eigenvalue weighted by atomic mass is 9.75. The zero-order valence-electron chi connectivity index (χ0n) is 50.5. The summed E-state index contributed by atoms with van der Waals surface area (Å²) in [5.41, 5.74) is 8.32. The number of hydrogen-bond donors (Lipinski definition) is 3. The standard InChI is InChI=1S/C41H50N2O8.C30H30O6S/c1-41(2)22-32(44)36(33(45)23-41)31(20-13-21-35(46)42-3)43-37-39(49-25-29-16-9-5-10-17-29)38(47)34(27-48-24-28-14-7-4-8-15-28)51-40(37)50-26-30-18-11-6-12-19-30;1-18-26(27-25(34-29(18)37-2)17-32-28(35-27)19-10-4-3-5-11-19)36-30(31)33-16-24-22-14-8-6-12-20(22)21-13-7-9-15-23(21)24/h4-12,14-19,34,37-40,44,47H,13,20-27H2,1-3H3,(H,42,46);3-15,18,24-29H,16-17H2,1-2H3/t34?,37?,38-,39+,40-;18?,25?,26-,27+,28?,29+/m11/s1. The summed E-state index contributed by atoms with van der Waals surface area (Å²) in [6.07, 6.45) is -3.21. The van der Waals surface area contributed by atoms with Crippen LogP contribution in [-0.4, -0.2) is 121 Å². The monoisotopic (exact) mass is 1220 g/mol. The number of Topliss-reactive ketones (excluding diaryl/α,β-unsaturated/α-hetero) is 1. The van der Waals surface area contributed by atoms with Gasteiger partial charge in [-0.05, 0) is 63.5 Å². The van der Waals surface area contributed by atoms with Crippen LogP contribution in [0.5, 0.6) is 0 Å². The van der Waals surface area contributed by atoms with Gasteiger partial charge in [0.2, 0.25) is 5.91 Å². The number of thioether (sulfide) groups is 1. The molecule has 0 aromatic heterocycles. The molecule has 3 fully saturated rings. The average molecular weight is 1220 g/mol. The number of carbonyl (C=O) groups excluding carboxylic acids is 3. The van der Waals surface area contributed by atoms with E-state index in [2.05, 4.69) is 29.6 Å². The van der Waals surface area contributed by atoms with Crippen LogP contribution in [0.1, 0.15) is 98.5 Å². The molecule has 5 aliphatic rings. The van der Waals surface area contributed by atoms with E-state index in [1.165, 1.54) is 11.1 Å². The number of rotatable bonds is 21. The highest BCUT2D eigenvalue weighted by atomic mass is 32.2. The molecule has 6 aromatic rings. The van der Waals surface area contributed by atoms with Crippen LogP contribution in [0.2, 0.25) is 0 Å². The predicted octanol–water partition coefficient (Wildman–Crippen LogP) is 12.2. The van der Waals surface area contributed by atoms with Crippen LogP contribution >= 0.6 is 11.8 Å². The van der Waals surface area contributed by atoms with E-state index >= 15 is 0 Å². The Morgan fingerprint density at radius 2 is 1.28 bits per heavy atom. The molecule has 11 atom stereocenters. The van der Waals surface area contributed by atoms with Crippen LogP contribution in [0.15, 0.2) is 186 Å². The molecule has 88 heavy (non-hydrogen) atoms. The first-order valence-electron chi connectivity index (χ1n) is 30.3. The quantitative estimate of drug-likeness (QED) is 0.0454. The topological polar surface area (TPSA) is 199 Å². The van der Waals surface area contributed by atoms with Gasteiger partial charge < -0.3 is 58.2 Å². The van der Waals surface area contributed by atoms with Crippen molar-refractivity contribution in [2.45, 2.75) is 139 Å². The first kappa shape index (κ1) is 64.0. The Labute approximate surface area is 519 Å². The van der Waals surface area contributed by atoms with Gasteiger partial charge in [0.15, 0.2) is 18.4 Å². The van der Waals surface area contributed by atoms with E-state index in [0.29, 0.717) is 31.8 Å². The molecule has 3 heterocycles. The van der Waals surface area contributed by atoms with Gasteiger partial charge in [-0.3, -0.25) is 14.6 Å². The maximum Gasteiger partial charge on any atom is 0.508 e. The molecule has 17 heteroatoms. The van der Waals surface area contributed by atoms with Gasteiger partial charge in [-0.2, -0.15) is 0 Å². The van der Waals surface area contributed by atoms with Gasteiger partial charge in [0.05, 0.1) is 38.6 Å². The third-order valence-electron chi connectivity index (χ3n) is 16.6. The van der Waals surface area contributed by atoms with Crippen molar-refractivity contribution in [3.05, 3.63) is 215 Å². The number of amides is 1. The number of carbonyl (C=O) groups is 3. The first-order valence-corrected chi connectivity index (χ1v) is 31.6. The number of nitrogens with zero attached hydrogens (tertiary/aromatic N) is 1. The number of aliphatic imine (C=N–C) groups is 1. The van der Waals surface area contributed by atoms with Crippen LogP contribution in [0.25, 0.3) is 11.1 Å². The van der Waals surface area contributed by atoms with E-state index < -0.39 is 60.7 Å². The minimum absolute atomic E-state index is 0.0273. The Hall–Kier alpha value is -7.03. The number of hydrogen-bond acceptors (Lipinski definition) is 16. The molecule has 11 rings (SSSR count). The summed E-state index contributed by atoms with van der Waals surface area (Å²) in [7, 11) is 1.57. The third-order valence-corrected chi connectivity index (χ3v) is 17.6. The van der Waals surface area contributed by atoms with Crippen molar-refractivity contribution >= 4 is 35.3 Å². The molecule has 5 unspecified atom stereocenters. The number of nitrogens with one attached hydrogen (secondary N) is 1. The Morgan fingerprint density at radius 3 is 1.89 bits per heavy atom. The largest absolute Gasteiger partial charge is 0.511 e. The highest BCUT2D eigenvalue weighted by Crippen LogP contribution is 2.46. The molecule has 0 saturated carbocycles. The average Bonchev–Trinajstić information content (AvgIpc) is 2.37. The van der Waals surface area contributed by atoms with Crippen molar-refractivity contribution < 1.29 is 67.2 Å². The number of aliphatic hydroxyl groups is 2. The van der Waals surface area contributed by atoms with Crippen LogP contribution < -0.4 is 5.32 Å². The molecule has 0 bridgehead atoms. The van der Waals surface area contributed by atoms with E-state index in [9.17, 15) is 24.6 Å². The molecule has 464 valence electrons. The van der Waals surface area contributed by atoms with E-state index in [0.717, 1.165) is 33.4 Å². The second-order valence-corrected chi connectivity index (χ2v) is 24.6. The van der Waals surface area contributed by atoms with Gasteiger partial charge in [0.25, 0.3) is 0 Å². The molecular formula is C71H80N2O14S. The smallest absolute Gasteiger partial charge is 0.508 e. The van der Waals surface area contributed by atoms with Crippen molar-refractivity contribution in [3.8, 4) is 11.1 Å². The third kappa shape index (κ3) is 16.0. The Bertz CT molecular complexity index is 3270. The fourth-order valence-electron chi connectivity index (χ4n) is 12.2. The summed E-state index contributed by atoms with van der Waals surface area (Å²) < 4.78 is 55.8. The molecular weight excluding hydrogens is 1140 g/mol. The van der Waals surface area contributed by atoms with Crippen molar-refractivity contribution in [2.75, 3.05) is 33.1 Å². The lowest BCUT2D eigenvalue weighted by Crippen LogP contribution is -2.59. The van der Waals surface area contributed by atoms with Gasteiger partial charge in [-0.1, -0.05) is 191 Å². The molecule has 2 aliphatic carbocycles. The Balaban J connectivity index is 0.000000204. The molecule has 3 saturated heterocycles. The number of ether oxygens (including phenoxy) is 9. The summed E-state index contributed by atoms with van der Waals surface area (Å²) >= 11 is 1.59. The van der Waals surface area contributed by atoms with Crippen molar-refractivity contribution in [1.29, 1.82) is 0 Å². The van der Waals surface area contributed by atoms with Gasteiger partial charge in [-0.15, -0.1) is 11.8 Å². The van der Waals surface area contributed by atoms with E-state index in [1.807, 2.05) is 173 Å². The number of allylic oxidation sites excluding steroid dienone is 2. The summed E-state index contributed by atoms with van der Waals surface area (Å²) in [5, 5.41) is 25.8. The number of benzene rings is 6. The van der Waals surface area contributed by atoms with Gasteiger partial charge in [0.1, 0.15) is 60.5 Å². The van der Waals surface area contributed by atoms with Crippen LogP contribution in [-0.2, 0) is 72.0 Å². The van der Waals surface area contributed by atoms with Crippen molar-refractivity contribution in [2.24, 2.45) is 16.3 Å². The molecule has 0 spiro atoms. The SMILES string of the molecule is CNC(=O)CCCC(=NC1[C@H](OCc2ccccc2)OC(COCc2ccccc2)[C@@H](O)[C@H]1OCc1ccccc1)C1=C(O)CC(C)(C)CC1=O.CS[C@@H]1OC2COC(c3ccccc3)O[C@@H]2[C@H](OC(=O)OCC2c3ccccc3-c3ccccc32)C1C.